The third kappa shape index (κ3) is 4.15. The van der Waals surface area contributed by atoms with E-state index in [-0.39, 0.29) is 27.4 Å². The molecule has 5 nitrogen and oxygen atoms in total. The summed E-state index contributed by atoms with van der Waals surface area (Å²) in [7, 11) is -3.92. The van der Waals surface area contributed by atoms with Gasteiger partial charge in [0, 0.05) is 18.1 Å². The van der Waals surface area contributed by atoms with Gasteiger partial charge in [0.25, 0.3) is 0 Å². The molecule has 8 heteroatoms. The fourth-order valence-electron chi connectivity index (χ4n) is 2.74. The van der Waals surface area contributed by atoms with Gasteiger partial charge in [-0.3, -0.25) is 4.79 Å². The number of hydrogen-bond acceptors (Lipinski definition) is 3. The van der Waals surface area contributed by atoms with Gasteiger partial charge in [-0.05, 0) is 35.7 Å². The number of halogens is 2. The summed E-state index contributed by atoms with van der Waals surface area (Å²) in [4.78, 5) is 13.9. The van der Waals surface area contributed by atoms with E-state index in [1.807, 2.05) is 24.3 Å². The van der Waals surface area contributed by atoms with Crippen molar-refractivity contribution in [3.63, 3.8) is 0 Å². The van der Waals surface area contributed by atoms with E-state index in [1.165, 1.54) is 23.8 Å². The van der Waals surface area contributed by atoms with Crippen molar-refractivity contribution >= 4 is 39.1 Å². The molecule has 0 spiro atoms. The van der Waals surface area contributed by atoms with Crippen LogP contribution in [0.25, 0.3) is 0 Å². The van der Waals surface area contributed by atoms with Crippen LogP contribution < -0.4 is 4.72 Å². The third-order valence-corrected chi connectivity index (χ3v) is 6.20. The molecule has 0 saturated heterocycles. The number of nitrogens with one attached hydrogen (secondary N) is 1. The van der Waals surface area contributed by atoms with Crippen molar-refractivity contribution in [3.8, 4) is 0 Å². The first-order chi connectivity index (χ1) is 11.9. The predicted molar refractivity (Wildman–Crippen MR) is 97.2 cm³/mol. The lowest BCUT2D eigenvalue weighted by Crippen LogP contribution is -2.42. The Labute approximate surface area is 156 Å². The molecule has 2 aromatic carbocycles. The Morgan fingerprint density at radius 3 is 2.60 bits per heavy atom. The average molecular weight is 399 g/mol. The molecule has 0 radical (unpaired) electrons. The zero-order chi connectivity index (χ0) is 18.0. The van der Waals surface area contributed by atoms with E-state index >= 15 is 0 Å². The van der Waals surface area contributed by atoms with Crippen molar-refractivity contribution in [2.24, 2.45) is 0 Å². The zero-order valence-corrected chi connectivity index (χ0v) is 15.5. The molecule has 1 aliphatic rings. The molecule has 0 unspecified atom stereocenters. The van der Waals surface area contributed by atoms with Gasteiger partial charge in [-0.2, -0.15) is 0 Å². The number of rotatable bonds is 4. The lowest BCUT2D eigenvalue weighted by Gasteiger charge is -2.29. The number of nitrogens with zero attached hydrogens (tertiary/aromatic N) is 1. The lowest BCUT2D eigenvalue weighted by atomic mass is 10.00. The normalized spacial score (nSPS) is 14.2. The van der Waals surface area contributed by atoms with Gasteiger partial charge in [-0.15, -0.1) is 0 Å². The van der Waals surface area contributed by atoms with Crippen molar-refractivity contribution in [1.29, 1.82) is 0 Å². The van der Waals surface area contributed by atoms with Gasteiger partial charge in [0.15, 0.2) is 0 Å². The minimum atomic E-state index is -3.92. The number of carbonyl (C=O) groups excluding carboxylic acids is 1. The fourth-order valence-corrected chi connectivity index (χ4v) is 4.47. The highest BCUT2D eigenvalue weighted by Gasteiger charge is 2.23. The van der Waals surface area contributed by atoms with E-state index in [0.717, 1.165) is 12.0 Å². The van der Waals surface area contributed by atoms with Crippen LogP contribution in [0.4, 0.5) is 0 Å². The quantitative estimate of drug-likeness (QED) is 0.860. The molecular weight excluding hydrogens is 383 g/mol. The van der Waals surface area contributed by atoms with Gasteiger partial charge in [-0.25, -0.2) is 13.1 Å². The predicted octanol–water partition coefficient (Wildman–Crippen LogP) is 2.86. The van der Waals surface area contributed by atoms with Crippen LogP contribution in [0.3, 0.4) is 0 Å². The molecule has 0 aromatic heterocycles. The standard InChI is InChI=1S/C17H16Cl2N2O3S/c18-14-5-6-15(19)16(9-14)25(23,24)20-10-17(22)21-8-7-12-3-1-2-4-13(12)11-21/h1-6,9,20H,7-8,10-11H2. The van der Waals surface area contributed by atoms with Crippen molar-refractivity contribution < 1.29 is 13.2 Å². The lowest BCUT2D eigenvalue weighted by molar-refractivity contribution is -0.130. The molecule has 2 aromatic rings. The summed E-state index contributed by atoms with van der Waals surface area (Å²) < 4.78 is 27.0. The summed E-state index contributed by atoms with van der Waals surface area (Å²) in [5.74, 6) is -0.281. The Bertz CT molecular complexity index is 916. The molecule has 3 rings (SSSR count). The van der Waals surface area contributed by atoms with Crippen LogP contribution >= 0.6 is 23.2 Å². The minimum absolute atomic E-state index is 0.0521. The topological polar surface area (TPSA) is 66.5 Å². The van der Waals surface area contributed by atoms with Crippen LogP contribution in [0.2, 0.25) is 10.0 Å². The van der Waals surface area contributed by atoms with E-state index in [0.29, 0.717) is 13.1 Å². The zero-order valence-electron chi connectivity index (χ0n) is 13.2. The van der Waals surface area contributed by atoms with Gasteiger partial charge in [0.1, 0.15) is 4.90 Å². The van der Waals surface area contributed by atoms with Crippen molar-refractivity contribution in [2.45, 2.75) is 17.9 Å². The molecule has 1 amide bonds. The summed E-state index contributed by atoms with van der Waals surface area (Å²) in [6.07, 6.45) is 0.759. The maximum absolute atomic E-state index is 12.4. The maximum Gasteiger partial charge on any atom is 0.242 e. The summed E-state index contributed by atoms with van der Waals surface area (Å²) in [5, 5.41) is 0.306. The van der Waals surface area contributed by atoms with Crippen LogP contribution in [0.15, 0.2) is 47.4 Å². The molecule has 0 saturated carbocycles. The van der Waals surface area contributed by atoms with Crippen molar-refractivity contribution in [3.05, 3.63) is 63.6 Å². The van der Waals surface area contributed by atoms with Crippen molar-refractivity contribution in [2.75, 3.05) is 13.1 Å². The highest BCUT2D eigenvalue weighted by atomic mass is 35.5. The number of benzene rings is 2. The molecule has 0 fully saturated rings. The highest BCUT2D eigenvalue weighted by Crippen LogP contribution is 2.25. The first-order valence-corrected chi connectivity index (χ1v) is 9.90. The van der Waals surface area contributed by atoms with E-state index in [4.69, 9.17) is 23.2 Å². The summed E-state index contributed by atoms with van der Waals surface area (Å²) in [6, 6.07) is 12.1. The van der Waals surface area contributed by atoms with E-state index in [1.54, 1.807) is 4.90 Å². The average Bonchev–Trinajstić information content (AvgIpc) is 2.61. The molecular formula is C17H16Cl2N2O3S. The van der Waals surface area contributed by atoms with E-state index < -0.39 is 10.0 Å². The molecule has 25 heavy (non-hydrogen) atoms. The van der Waals surface area contributed by atoms with E-state index in [9.17, 15) is 13.2 Å². The van der Waals surface area contributed by atoms with Gasteiger partial charge in [0.2, 0.25) is 15.9 Å². The van der Waals surface area contributed by atoms with Gasteiger partial charge in [0.05, 0.1) is 11.6 Å². The Hall–Kier alpha value is -1.60. The Morgan fingerprint density at radius 2 is 1.84 bits per heavy atom. The van der Waals surface area contributed by atoms with Gasteiger partial charge in [-0.1, -0.05) is 47.5 Å². The molecule has 1 aliphatic heterocycles. The second-order valence-corrected chi connectivity index (χ2v) is 8.31. The van der Waals surface area contributed by atoms with Crippen molar-refractivity contribution in [1.82, 2.24) is 9.62 Å². The number of hydrogen-bond donors (Lipinski definition) is 1. The van der Waals surface area contributed by atoms with Gasteiger partial charge >= 0.3 is 0 Å². The SMILES string of the molecule is O=C(CNS(=O)(=O)c1cc(Cl)ccc1Cl)N1CCc2ccccc2C1. The number of amides is 1. The summed E-state index contributed by atoms with van der Waals surface area (Å²) in [5.41, 5.74) is 2.31. The highest BCUT2D eigenvalue weighted by molar-refractivity contribution is 7.89. The molecule has 132 valence electrons. The van der Waals surface area contributed by atoms with Crippen LogP contribution in [0.1, 0.15) is 11.1 Å². The molecule has 0 bridgehead atoms. The first kappa shape index (κ1) is 18.2. The Kier molecular flexibility index (Phi) is 5.34. The fraction of sp³-hybridized carbons (Fsp3) is 0.235. The molecule has 0 aliphatic carbocycles. The smallest absolute Gasteiger partial charge is 0.242 e. The van der Waals surface area contributed by atoms with Crippen LogP contribution in [0.5, 0.6) is 0 Å². The summed E-state index contributed by atoms with van der Waals surface area (Å²) >= 11 is 11.8. The summed E-state index contributed by atoms with van der Waals surface area (Å²) in [6.45, 7) is 0.720. The second kappa shape index (κ2) is 7.33. The monoisotopic (exact) mass is 398 g/mol. The first-order valence-electron chi connectivity index (χ1n) is 7.66. The second-order valence-electron chi connectivity index (χ2n) is 5.73. The maximum atomic E-state index is 12.4. The number of carbonyl (C=O) groups is 1. The van der Waals surface area contributed by atoms with Crippen LogP contribution in [0, 0.1) is 0 Å². The van der Waals surface area contributed by atoms with Gasteiger partial charge < -0.3 is 4.90 Å². The molecule has 0 atom stereocenters. The largest absolute Gasteiger partial charge is 0.337 e. The van der Waals surface area contributed by atoms with Crippen LogP contribution in [-0.2, 0) is 27.8 Å². The Balaban J connectivity index is 1.67. The van der Waals surface area contributed by atoms with Crippen LogP contribution in [-0.4, -0.2) is 32.3 Å². The number of fused-ring (bicyclic) bond motifs is 1. The Morgan fingerprint density at radius 1 is 1.12 bits per heavy atom. The van der Waals surface area contributed by atoms with E-state index in [2.05, 4.69) is 4.72 Å². The molecule has 1 heterocycles. The third-order valence-electron chi connectivity index (χ3n) is 4.08. The molecule has 1 N–H and O–H groups in total. The minimum Gasteiger partial charge on any atom is -0.337 e. The number of sulfonamides is 1.